The highest BCUT2D eigenvalue weighted by atomic mass is 15.1. The average molecular weight is 218 g/mol. The van der Waals surface area contributed by atoms with E-state index in [0.717, 1.165) is 0 Å². The van der Waals surface area contributed by atoms with E-state index >= 15 is 0 Å². The van der Waals surface area contributed by atoms with Crippen molar-refractivity contribution in [2.75, 3.05) is 18.0 Å². The number of anilines is 1. The molecule has 2 nitrogen and oxygen atoms in total. The molecule has 0 radical (unpaired) electrons. The van der Waals surface area contributed by atoms with E-state index in [1.165, 1.54) is 50.0 Å². The molecule has 2 rings (SSSR count). The Hall–Kier alpha value is -1.02. The van der Waals surface area contributed by atoms with Gasteiger partial charge in [-0.25, -0.2) is 0 Å². The summed E-state index contributed by atoms with van der Waals surface area (Å²) in [5.74, 6) is 0. The van der Waals surface area contributed by atoms with E-state index < -0.39 is 0 Å². The average Bonchev–Trinajstić information content (AvgIpc) is 2.57. The van der Waals surface area contributed by atoms with E-state index in [9.17, 15) is 0 Å². The number of benzene rings is 1. The Morgan fingerprint density at radius 3 is 2.06 bits per heavy atom. The van der Waals surface area contributed by atoms with Crippen LogP contribution in [0, 0.1) is 0 Å². The summed E-state index contributed by atoms with van der Waals surface area (Å²) in [5, 5.41) is 0. The first-order valence-electron chi connectivity index (χ1n) is 6.38. The van der Waals surface area contributed by atoms with Gasteiger partial charge in [-0.05, 0) is 37.5 Å². The van der Waals surface area contributed by atoms with E-state index in [1.807, 2.05) is 6.92 Å². The Bertz CT molecular complexity index is 308. The topological polar surface area (TPSA) is 29.3 Å². The Labute approximate surface area is 98.4 Å². The molecular formula is C14H22N2. The van der Waals surface area contributed by atoms with Crippen molar-refractivity contribution in [3.63, 3.8) is 0 Å². The number of nitrogens with two attached hydrogens (primary N) is 1. The third-order valence-corrected chi connectivity index (χ3v) is 3.39. The summed E-state index contributed by atoms with van der Waals surface area (Å²) in [7, 11) is 0. The van der Waals surface area contributed by atoms with Gasteiger partial charge in [0.2, 0.25) is 0 Å². The normalized spacial score (nSPS) is 19.2. The van der Waals surface area contributed by atoms with Crippen molar-refractivity contribution in [2.24, 2.45) is 5.73 Å². The lowest BCUT2D eigenvalue weighted by Crippen LogP contribution is -2.23. The van der Waals surface area contributed by atoms with Gasteiger partial charge >= 0.3 is 0 Å². The minimum atomic E-state index is 0.137. The molecule has 0 aliphatic carbocycles. The zero-order valence-electron chi connectivity index (χ0n) is 10.2. The Morgan fingerprint density at radius 2 is 1.56 bits per heavy atom. The van der Waals surface area contributed by atoms with Crippen molar-refractivity contribution in [1.82, 2.24) is 0 Å². The molecule has 1 unspecified atom stereocenters. The maximum atomic E-state index is 5.85. The van der Waals surface area contributed by atoms with Gasteiger partial charge in [-0.15, -0.1) is 0 Å². The van der Waals surface area contributed by atoms with Gasteiger partial charge in [0.05, 0.1) is 0 Å². The van der Waals surface area contributed by atoms with Crippen LogP contribution in [0.2, 0.25) is 0 Å². The van der Waals surface area contributed by atoms with Crippen molar-refractivity contribution in [3.8, 4) is 0 Å². The highest BCUT2D eigenvalue weighted by Crippen LogP contribution is 2.21. The fraction of sp³-hybridized carbons (Fsp3) is 0.571. The number of hydrogen-bond donors (Lipinski definition) is 1. The van der Waals surface area contributed by atoms with Crippen molar-refractivity contribution in [2.45, 2.75) is 38.6 Å². The molecule has 1 aliphatic rings. The molecule has 1 aromatic carbocycles. The van der Waals surface area contributed by atoms with Gasteiger partial charge in [0.1, 0.15) is 0 Å². The molecule has 1 aliphatic heterocycles. The van der Waals surface area contributed by atoms with E-state index in [0.29, 0.717) is 0 Å². The number of rotatable bonds is 2. The highest BCUT2D eigenvalue weighted by Gasteiger charge is 2.09. The van der Waals surface area contributed by atoms with Crippen molar-refractivity contribution in [3.05, 3.63) is 29.8 Å². The molecule has 0 spiro atoms. The quantitative estimate of drug-likeness (QED) is 0.826. The summed E-state index contributed by atoms with van der Waals surface area (Å²) in [6.45, 7) is 4.44. The minimum absolute atomic E-state index is 0.137. The van der Waals surface area contributed by atoms with E-state index in [1.54, 1.807) is 0 Å². The molecule has 1 saturated heterocycles. The van der Waals surface area contributed by atoms with Crippen LogP contribution in [0.15, 0.2) is 24.3 Å². The Balaban J connectivity index is 2.07. The highest BCUT2D eigenvalue weighted by molar-refractivity contribution is 5.48. The molecule has 1 fully saturated rings. The molecule has 1 aromatic rings. The lowest BCUT2D eigenvalue weighted by Gasteiger charge is -2.23. The summed E-state index contributed by atoms with van der Waals surface area (Å²) in [6.07, 6.45) is 5.42. The third-order valence-electron chi connectivity index (χ3n) is 3.39. The smallest absolute Gasteiger partial charge is 0.0366 e. The fourth-order valence-corrected chi connectivity index (χ4v) is 2.32. The minimum Gasteiger partial charge on any atom is -0.372 e. The molecule has 0 saturated carbocycles. The van der Waals surface area contributed by atoms with Gasteiger partial charge in [-0.1, -0.05) is 25.0 Å². The lowest BCUT2D eigenvalue weighted by molar-refractivity contribution is 0.726. The molecule has 0 aromatic heterocycles. The first-order chi connectivity index (χ1) is 7.77. The SMILES string of the molecule is CC(N)c1ccc(N2CCCCCC2)cc1. The van der Waals surface area contributed by atoms with Gasteiger partial charge in [-0.3, -0.25) is 0 Å². The molecule has 2 N–H and O–H groups in total. The van der Waals surface area contributed by atoms with Gasteiger partial charge in [-0.2, -0.15) is 0 Å². The van der Waals surface area contributed by atoms with Crippen LogP contribution in [0.25, 0.3) is 0 Å². The van der Waals surface area contributed by atoms with Crippen LogP contribution in [0.1, 0.15) is 44.2 Å². The Morgan fingerprint density at radius 1 is 1.00 bits per heavy atom. The third kappa shape index (κ3) is 2.76. The molecule has 1 heterocycles. The molecule has 88 valence electrons. The summed E-state index contributed by atoms with van der Waals surface area (Å²) in [5.41, 5.74) is 8.43. The molecule has 0 amide bonds. The summed E-state index contributed by atoms with van der Waals surface area (Å²) < 4.78 is 0. The summed E-state index contributed by atoms with van der Waals surface area (Å²) >= 11 is 0. The maximum Gasteiger partial charge on any atom is 0.0366 e. The van der Waals surface area contributed by atoms with Crippen LogP contribution in [-0.4, -0.2) is 13.1 Å². The van der Waals surface area contributed by atoms with Crippen molar-refractivity contribution < 1.29 is 0 Å². The van der Waals surface area contributed by atoms with Crippen LogP contribution >= 0.6 is 0 Å². The first-order valence-corrected chi connectivity index (χ1v) is 6.38. The van der Waals surface area contributed by atoms with Crippen LogP contribution in [0.4, 0.5) is 5.69 Å². The number of nitrogens with zero attached hydrogens (tertiary/aromatic N) is 1. The zero-order valence-corrected chi connectivity index (χ0v) is 10.2. The van der Waals surface area contributed by atoms with E-state index in [4.69, 9.17) is 5.73 Å². The summed E-state index contributed by atoms with van der Waals surface area (Å²) in [4.78, 5) is 2.50. The van der Waals surface area contributed by atoms with Gasteiger partial charge < -0.3 is 10.6 Å². The van der Waals surface area contributed by atoms with Crippen molar-refractivity contribution in [1.29, 1.82) is 0 Å². The number of hydrogen-bond acceptors (Lipinski definition) is 2. The molecule has 1 atom stereocenters. The largest absolute Gasteiger partial charge is 0.372 e. The van der Waals surface area contributed by atoms with Gasteiger partial charge in [0, 0.05) is 24.8 Å². The second-order valence-corrected chi connectivity index (χ2v) is 4.78. The van der Waals surface area contributed by atoms with E-state index in [-0.39, 0.29) is 6.04 Å². The first kappa shape index (κ1) is 11.5. The van der Waals surface area contributed by atoms with Crippen LogP contribution in [-0.2, 0) is 0 Å². The fourth-order valence-electron chi connectivity index (χ4n) is 2.32. The zero-order chi connectivity index (χ0) is 11.4. The standard InChI is InChI=1S/C14H22N2/c1-12(15)13-6-8-14(9-7-13)16-10-4-2-3-5-11-16/h6-9,12H,2-5,10-11,15H2,1H3. The second kappa shape index (κ2) is 5.35. The Kier molecular flexibility index (Phi) is 3.83. The van der Waals surface area contributed by atoms with Gasteiger partial charge in [0.15, 0.2) is 0 Å². The predicted octanol–water partition coefficient (Wildman–Crippen LogP) is 3.09. The predicted molar refractivity (Wildman–Crippen MR) is 69.7 cm³/mol. The molecular weight excluding hydrogens is 196 g/mol. The maximum absolute atomic E-state index is 5.85. The molecule has 0 bridgehead atoms. The monoisotopic (exact) mass is 218 g/mol. The lowest BCUT2D eigenvalue weighted by atomic mass is 10.1. The van der Waals surface area contributed by atoms with Crippen LogP contribution in [0.3, 0.4) is 0 Å². The van der Waals surface area contributed by atoms with Crippen molar-refractivity contribution >= 4 is 5.69 Å². The van der Waals surface area contributed by atoms with Crippen LogP contribution < -0.4 is 10.6 Å². The van der Waals surface area contributed by atoms with Crippen LogP contribution in [0.5, 0.6) is 0 Å². The molecule has 16 heavy (non-hydrogen) atoms. The second-order valence-electron chi connectivity index (χ2n) is 4.78. The van der Waals surface area contributed by atoms with Gasteiger partial charge in [0.25, 0.3) is 0 Å². The van der Waals surface area contributed by atoms with E-state index in [2.05, 4.69) is 29.2 Å². The molecule has 2 heteroatoms. The summed E-state index contributed by atoms with van der Waals surface area (Å²) in [6, 6.07) is 8.88.